The van der Waals surface area contributed by atoms with Crippen LogP contribution < -0.4 is 5.32 Å². The molecule has 0 aromatic carbocycles. The summed E-state index contributed by atoms with van der Waals surface area (Å²) in [7, 11) is 0. The number of nitrogens with one attached hydrogen (secondary N) is 1. The summed E-state index contributed by atoms with van der Waals surface area (Å²) in [6.45, 7) is 12.4. The largest absolute Gasteiger partial charge is 0.379 e. The molecule has 1 atom stereocenters. The summed E-state index contributed by atoms with van der Waals surface area (Å²) in [5.41, 5.74) is 0. The lowest BCUT2D eigenvalue weighted by Gasteiger charge is -2.33. The molecule has 0 bridgehead atoms. The second kappa shape index (κ2) is 8.90. The third-order valence-corrected chi connectivity index (χ3v) is 4.45. The molecule has 4 heteroatoms. The van der Waals surface area contributed by atoms with Crippen molar-refractivity contribution in [3.8, 4) is 0 Å². The third-order valence-electron chi connectivity index (χ3n) is 4.45. The Morgan fingerprint density at radius 2 is 1.89 bits per heavy atom. The Hall–Kier alpha value is -0.160. The number of rotatable bonds is 7. The molecule has 0 radical (unpaired) electrons. The molecule has 2 aliphatic heterocycles. The van der Waals surface area contributed by atoms with E-state index in [1.54, 1.807) is 0 Å². The van der Waals surface area contributed by atoms with E-state index in [1.165, 1.54) is 45.3 Å². The first-order chi connectivity index (χ1) is 9.36. The fourth-order valence-corrected chi connectivity index (χ4v) is 3.08. The molecule has 1 N–H and O–H groups in total. The lowest BCUT2D eigenvalue weighted by atomic mass is 10.0. The van der Waals surface area contributed by atoms with Crippen molar-refractivity contribution in [1.29, 1.82) is 0 Å². The maximum Gasteiger partial charge on any atom is 0.0594 e. The Balaban J connectivity index is 1.43. The van der Waals surface area contributed by atoms with E-state index in [0.29, 0.717) is 0 Å². The number of piperidine rings is 1. The summed E-state index contributed by atoms with van der Waals surface area (Å²) in [4.78, 5) is 5.15. The third kappa shape index (κ3) is 5.78. The van der Waals surface area contributed by atoms with Gasteiger partial charge >= 0.3 is 0 Å². The van der Waals surface area contributed by atoms with Crippen molar-refractivity contribution >= 4 is 0 Å². The van der Waals surface area contributed by atoms with Gasteiger partial charge in [0.25, 0.3) is 0 Å². The average molecular weight is 269 g/mol. The van der Waals surface area contributed by atoms with Crippen molar-refractivity contribution in [3.63, 3.8) is 0 Å². The van der Waals surface area contributed by atoms with E-state index in [-0.39, 0.29) is 0 Å². The second-order valence-corrected chi connectivity index (χ2v) is 5.94. The molecule has 0 amide bonds. The smallest absolute Gasteiger partial charge is 0.0594 e. The molecule has 0 aromatic heterocycles. The van der Waals surface area contributed by atoms with Crippen molar-refractivity contribution < 1.29 is 4.74 Å². The second-order valence-electron chi connectivity index (χ2n) is 5.94. The van der Waals surface area contributed by atoms with Gasteiger partial charge in [0.05, 0.1) is 13.2 Å². The summed E-state index contributed by atoms with van der Waals surface area (Å²) in [5, 5.41) is 3.58. The molecule has 0 aliphatic carbocycles. The number of hydrogen-bond acceptors (Lipinski definition) is 4. The predicted octanol–water partition coefficient (Wildman–Crippen LogP) is 1.17. The van der Waals surface area contributed by atoms with E-state index in [0.717, 1.165) is 45.4 Å². The highest BCUT2D eigenvalue weighted by molar-refractivity contribution is 4.73. The molecule has 4 nitrogen and oxygen atoms in total. The summed E-state index contributed by atoms with van der Waals surface area (Å²) >= 11 is 0. The molecule has 2 saturated heterocycles. The summed E-state index contributed by atoms with van der Waals surface area (Å²) in [5.74, 6) is 0. The molecule has 19 heavy (non-hydrogen) atoms. The lowest BCUT2D eigenvalue weighted by Crippen LogP contribution is -2.41. The van der Waals surface area contributed by atoms with Gasteiger partial charge in [0, 0.05) is 32.2 Å². The highest BCUT2D eigenvalue weighted by atomic mass is 16.5. The molecule has 2 fully saturated rings. The number of likely N-dealkylation sites (tertiary alicyclic amines) is 1. The maximum absolute atomic E-state index is 5.35. The van der Waals surface area contributed by atoms with Crippen LogP contribution in [0.2, 0.25) is 0 Å². The highest BCUT2D eigenvalue weighted by Gasteiger charge is 2.16. The molecule has 0 spiro atoms. The minimum absolute atomic E-state index is 0.807. The van der Waals surface area contributed by atoms with E-state index < -0.39 is 0 Å². The molecule has 2 rings (SSSR count). The van der Waals surface area contributed by atoms with E-state index in [4.69, 9.17) is 4.74 Å². The molecule has 2 heterocycles. The topological polar surface area (TPSA) is 27.7 Å². The highest BCUT2D eigenvalue weighted by Crippen LogP contribution is 2.15. The first-order valence-corrected chi connectivity index (χ1v) is 8.11. The van der Waals surface area contributed by atoms with Crippen molar-refractivity contribution in [1.82, 2.24) is 15.1 Å². The molecule has 1 unspecified atom stereocenters. The molecular weight excluding hydrogens is 238 g/mol. The van der Waals surface area contributed by atoms with Gasteiger partial charge in [-0.1, -0.05) is 6.42 Å². The van der Waals surface area contributed by atoms with Gasteiger partial charge in [0.15, 0.2) is 0 Å². The lowest BCUT2D eigenvalue weighted by molar-refractivity contribution is 0.0384. The average Bonchev–Trinajstić information content (AvgIpc) is 2.45. The van der Waals surface area contributed by atoms with E-state index in [9.17, 15) is 0 Å². The predicted molar refractivity (Wildman–Crippen MR) is 79.6 cm³/mol. The van der Waals surface area contributed by atoms with Crippen molar-refractivity contribution in [3.05, 3.63) is 0 Å². The Morgan fingerprint density at radius 3 is 2.68 bits per heavy atom. The standard InChI is InChI=1S/C15H31N3O/c1-15-5-2-3-8-18(15)9-4-6-16-7-10-17-11-13-19-14-12-17/h15-16H,2-14H2,1H3. The van der Waals surface area contributed by atoms with Crippen LogP contribution >= 0.6 is 0 Å². The SMILES string of the molecule is CC1CCCCN1CCCNCCN1CCOCC1. The Kier molecular flexibility index (Phi) is 7.14. The molecule has 112 valence electrons. The van der Waals surface area contributed by atoms with Gasteiger partial charge in [-0.3, -0.25) is 4.90 Å². The van der Waals surface area contributed by atoms with Crippen molar-refractivity contribution in [2.45, 2.75) is 38.6 Å². The van der Waals surface area contributed by atoms with Gasteiger partial charge in [-0.25, -0.2) is 0 Å². The maximum atomic E-state index is 5.35. The molecular formula is C15H31N3O. The number of nitrogens with zero attached hydrogens (tertiary/aromatic N) is 2. The van der Waals surface area contributed by atoms with Crippen LogP contribution in [-0.4, -0.2) is 74.9 Å². The fourth-order valence-electron chi connectivity index (χ4n) is 3.08. The molecule has 0 aromatic rings. The molecule has 2 aliphatic rings. The van der Waals surface area contributed by atoms with Crippen LogP contribution in [-0.2, 0) is 4.74 Å². The zero-order valence-electron chi connectivity index (χ0n) is 12.6. The molecule has 0 saturated carbocycles. The first-order valence-electron chi connectivity index (χ1n) is 8.11. The summed E-state index contributed by atoms with van der Waals surface area (Å²) in [6.07, 6.45) is 5.50. The van der Waals surface area contributed by atoms with Crippen LogP contribution in [0.1, 0.15) is 32.6 Å². The van der Waals surface area contributed by atoms with E-state index >= 15 is 0 Å². The Morgan fingerprint density at radius 1 is 1.05 bits per heavy atom. The van der Waals surface area contributed by atoms with E-state index in [1.807, 2.05) is 0 Å². The van der Waals surface area contributed by atoms with Crippen LogP contribution in [0.4, 0.5) is 0 Å². The minimum Gasteiger partial charge on any atom is -0.379 e. The van der Waals surface area contributed by atoms with Crippen LogP contribution in [0.25, 0.3) is 0 Å². The van der Waals surface area contributed by atoms with Gasteiger partial charge < -0.3 is 15.0 Å². The van der Waals surface area contributed by atoms with Gasteiger partial charge in [0.2, 0.25) is 0 Å². The normalized spacial score (nSPS) is 26.7. The Bertz CT molecular complexity index is 231. The van der Waals surface area contributed by atoms with Crippen molar-refractivity contribution in [2.75, 3.05) is 59.0 Å². The van der Waals surface area contributed by atoms with Gasteiger partial charge in [0.1, 0.15) is 0 Å². The summed E-state index contributed by atoms with van der Waals surface area (Å²) < 4.78 is 5.35. The van der Waals surface area contributed by atoms with Gasteiger partial charge in [-0.15, -0.1) is 0 Å². The van der Waals surface area contributed by atoms with Crippen LogP contribution in [0.5, 0.6) is 0 Å². The summed E-state index contributed by atoms with van der Waals surface area (Å²) in [6, 6.07) is 0.807. The number of morpholine rings is 1. The van der Waals surface area contributed by atoms with Crippen LogP contribution in [0.3, 0.4) is 0 Å². The monoisotopic (exact) mass is 269 g/mol. The quantitative estimate of drug-likeness (QED) is 0.702. The fraction of sp³-hybridized carbons (Fsp3) is 1.00. The Labute approximate surface area is 118 Å². The van der Waals surface area contributed by atoms with Crippen LogP contribution in [0, 0.1) is 0 Å². The zero-order chi connectivity index (χ0) is 13.3. The van der Waals surface area contributed by atoms with E-state index in [2.05, 4.69) is 22.0 Å². The first kappa shape index (κ1) is 15.2. The van der Waals surface area contributed by atoms with Crippen LogP contribution in [0.15, 0.2) is 0 Å². The van der Waals surface area contributed by atoms with Crippen molar-refractivity contribution in [2.24, 2.45) is 0 Å². The number of ether oxygens (including phenoxy) is 1. The van der Waals surface area contributed by atoms with Gasteiger partial charge in [-0.05, 0) is 45.8 Å². The number of hydrogen-bond donors (Lipinski definition) is 1. The zero-order valence-corrected chi connectivity index (χ0v) is 12.6. The minimum atomic E-state index is 0.807. The van der Waals surface area contributed by atoms with Gasteiger partial charge in [-0.2, -0.15) is 0 Å².